The summed E-state index contributed by atoms with van der Waals surface area (Å²) in [5.74, 6) is -0.816. The Morgan fingerprint density at radius 3 is 2.54 bits per heavy atom. The van der Waals surface area contributed by atoms with Gasteiger partial charge in [-0.2, -0.15) is 0 Å². The molecule has 0 aliphatic rings. The second-order valence-electron chi connectivity index (χ2n) is 6.44. The molecule has 0 aliphatic carbocycles. The lowest BCUT2D eigenvalue weighted by Gasteiger charge is -2.08. The van der Waals surface area contributed by atoms with E-state index in [2.05, 4.69) is 5.32 Å². The van der Waals surface area contributed by atoms with Crippen molar-refractivity contribution in [2.75, 3.05) is 0 Å². The second kappa shape index (κ2) is 8.35. The van der Waals surface area contributed by atoms with Gasteiger partial charge in [0.05, 0.1) is 0 Å². The van der Waals surface area contributed by atoms with Crippen LogP contribution in [-0.4, -0.2) is 17.9 Å². The molecule has 0 atom stereocenters. The minimum absolute atomic E-state index is 0.0725. The molecule has 1 heterocycles. The lowest BCUT2D eigenvalue weighted by molar-refractivity contribution is -0.128. The normalized spacial score (nSPS) is 11.1. The first-order chi connectivity index (χ1) is 13.4. The highest BCUT2D eigenvalue weighted by molar-refractivity contribution is 5.97. The summed E-state index contributed by atoms with van der Waals surface area (Å²) in [7, 11) is 0. The maximum absolute atomic E-state index is 12.1. The third kappa shape index (κ3) is 4.73. The van der Waals surface area contributed by atoms with Crippen LogP contribution in [-0.2, 0) is 4.79 Å². The molecule has 28 heavy (non-hydrogen) atoms. The van der Waals surface area contributed by atoms with Crippen LogP contribution in [0.2, 0.25) is 0 Å². The molecule has 0 radical (unpaired) electrons. The monoisotopic (exact) mass is 377 g/mol. The first kappa shape index (κ1) is 19.1. The van der Waals surface area contributed by atoms with E-state index >= 15 is 0 Å². The number of esters is 1. The van der Waals surface area contributed by atoms with Crippen molar-refractivity contribution in [1.82, 2.24) is 5.32 Å². The van der Waals surface area contributed by atoms with Crippen molar-refractivity contribution in [2.24, 2.45) is 0 Å². The molecule has 0 spiro atoms. The highest BCUT2D eigenvalue weighted by Crippen LogP contribution is 2.21. The van der Waals surface area contributed by atoms with Crippen LogP contribution < -0.4 is 15.7 Å². The minimum atomic E-state index is -0.752. The van der Waals surface area contributed by atoms with Crippen LogP contribution in [0.3, 0.4) is 0 Å². The lowest BCUT2D eigenvalue weighted by Crippen LogP contribution is -2.33. The zero-order valence-electron chi connectivity index (χ0n) is 15.5. The summed E-state index contributed by atoms with van der Waals surface area (Å²) in [5.41, 5.74) is 0.273. The van der Waals surface area contributed by atoms with Gasteiger partial charge in [-0.3, -0.25) is 4.79 Å². The summed E-state index contributed by atoms with van der Waals surface area (Å²) in [6, 6.07) is 15.3. The van der Waals surface area contributed by atoms with E-state index in [1.807, 2.05) is 30.3 Å². The molecule has 0 fully saturated rings. The molecule has 142 valence electrons. The molecule has 0 saturated carbocycles. The number of carbonyl (C=O) groups is 2. The summed E-state index contributed by atoms with van der Waals surface area (Å²) in [4.78, 5) is 36.2. The smallest absolute Gasteiger partial charge is 0.349 e. The molecular weight excluding hydrogens is 358 g/mol. The van der Waals surface area contributed by atoms with E-state index in [1.165, 1.54) is 18.2 Å². The van der Waals surface area contributed by atoms with Crippen molar-refractivity contribution in [3.63, 3.8) is 0 Å². The fourth-order valence-corrected chi connectivity index (χ4v) is 2.53. The van der Waals surface area contributed by atoms with Gasteiger partial charge in [0.1, 0.15) is 16.9 Å². The van der Waals surface area contributed by atoms with Gasteiger partial charge in [0.25, 0.3) is 5.91 Å². The SMILES string of the molecule is CC(C)NC(=O)c1cc2ccc(OC(=O)/C=C/c3ccccc3)cc2oc1=O. The first-order valence-electron chi connectivity index (χ1n) is 8.76. The van der Waals surface area contributed by atoms with Gasteiger partial charge in [0, 0.05) is 23.6 Å². The number of hydrogen-bond donors (Lipinski definition) is 1. The highest BCUT2D eigenvalue weighted by Gasteiger charge is 2.15. The Balaban J connectivity index is 1.79. The molecule has 6 heteroatoms. The summed E-state index contributed by atoms with van der Waals surface area (Å²) < 4.78 is 10.5. The van der Waals surface area contributed by atoms with E-state index in [-0.39, 0.29) is 22.9 Å². The van der Waals surface area contributed by atoms with E-state index in [9.17, 15) is 14.4 Å². The predicted molar refractivity (Wildman–Crippen MR) is 106 cm³/mol. The Morgan fingerprint density at radius 1 is 1.07 bits per heavy atom. The molecule has 0 bridgehead atoms. The molecule has 1 amide bonds. The molecule has 3 aromatic rings. The van der Waals surface area contributed by atoms with Crippen molar-refractivity contribution < 1.29 is 18.7 Å². The Labute approximate surface area is 161 Å². The molecule has 0 aliphatic heterocycles. The molecule has 1 N–H and O–H groups in total. The van der Waals surface area contributed by atoms with Crippen LogP contribution in [0, 0.1) is 0 Å². The number of ether oxygens (including phenoxy) is 1. The summed E-state index contributed by atoms with van der Waals surface area (Å²) in [5, 5.41) is 3.20. The van der Waals surface area contributed by atoms with Gasteiger partial charge in [0.2, 0.25) is 0 Å². The Hall–Kier alpha value is -3.67. The number of nitrogens with one attached hydrogen (secondary N) is 1. The molecule has 1 aromatic heterocycles. The van der Waals surface area contributed by atoms with Crippen LogP contribution in [0.1, 0.15) is 29.8 Å². The standard InChI is InChI=1S/C22H19NO5/c1-14(2)23-21(25)18-12-16-9-10-17(13-19(16)28-22(18)26)27-20(24)11-8-15-6-4-3-5-7-15/h3-14H,1-2H3,(H,23,25)/b11-8+. The fourth-order valence-electron chi connectivity index (χ4n) is 2.53. The number of benzene rings is 2. The molecule has 0 unspecified atom stereocenters. The summed E-state index contributed by atoms with van der Waals surface area (Å²) in [6.45, 7) is 3.60. The van der Waals surface area contributed by atoms with Crippen molar-refractivity contribution in [3.05, 3.63) is 82.2 Å². The van der Waals surface area contributed by atoms with Gasteiger partial charge >= 0.3 is 11.6 Å². The minimum Gasteiger partial charge on any atom is -0.423 e. The molecule has 3 rings (SSSR count). The maximum atomic E-state index is 12.1. The average Bonchev–Trinajstić information content (AvgIpc) is 2.66. The Kier molecular flexibility index (Phi) is 5.69. The van der Waals surface area contributed by atoms with Gasteiger partial charge in [-0.1, -0.05) is 30.3 Å². The Morgan fingerprint density at radius 2 is 1.82 bits per heavy atom. The van der Waals surface area contributed by atoms with Gasteiger partial charge < -0.3 is 14.5 Å². The van der Waals surface area contributed by atoms with Crippen molar-refractivity contribution in [2.45, 2.75) is 19.9 Å². The lowest BCUT2D eigenvalue weighted by atomic mass is 10.1. The van der Waals surface area contributed by atoms with Gasteiger partial charge in [-0.15, -0.1) is 0 Å². The number of rotatable bonds is 5. The zero-order chi connectivity index (χ0) is 20.1. The van der Waals surface area contributed by atoms with Crippen molar-refractivity contribution >= 4 is 28.9 Å². The van der Waals surface area contributed by atoms with Gasteiger partial charge in [-0.05, 0) is 43.7 Å². The van der Waals surface area contributed by atoms with Crippen molar-refractivity contribution in [1.29, 1.82) is 0 Å². The van der Waals surface area contributed by atoms with Gasteiger partial charge in [0.15, 0.2) is 0 Å². The van der Waals surface area contributed by atoms with Crippen LogP contribution in [0.5, 0.6) is 5.75 Å². The highest BCUT2D eigenvalue weighted by atomic mass is 16.5. The number of fused-ring (bicyclic) bond motifs is 1. The Bertz CT molecular complexity index is 1100. The van der Waals surface area contributed by atoms with Crippen LogP contribution in [0.25, 0.3) is 17.0 Å². The van der Waals surface area contributed by atoms with Crippen molar-refractivity contribution in [3.8, 4) is 5.75 Å². The fraction of sp³-hybridized carbons (Fsp3) is 0.136. The summed E-state index contributed by atoms with van der Waals surface area (Å²) in [6.07, 6.45) is 2.96. The average molecular weight is 377 g/mol. The van der Waals surface area contributed by atoms with Gasteiger partial charge in [-0.25, -0.2) is 9.59 Å². The van der Waals surface area contributed by atoms with Crippen LogP contribution in [0.4, 0.5) is 0 Å². The second-order valence-corrected chi connectivity index (χ2v) is 6.44. The zero-order valence-corrected chi connectivity index (χ0v) is 15.5. The first-order valence-corrected chi connectivity index (χ1v) is 8.76. The van der Waals surface area contributed by atoms with Crippen LogP contribution in [0.15, 0.2) is 69.9 Å². The van der Waals surface area contributed by atoms with E-state index < -0.39 is 17.5 Å². The molecule has 2 aromatic carbocycles. The van der Waals surface area contributed by atoms with E-state index in [0.717, 1.165) is 5.56 Å². The van der Waals surface area contributed by atoms with E-state index in [1.54, 1.807) is 32.1 Å². The quantitative estimate of drug-likeness (QED) is 0.318. The summed E-state index contributed by atoms with van der Waals surface area (Å²) >= 11 is 0. The molecular formula is C22H19NO5. The molecule has 0 saturated heterocycles. The van der Waals surface area contributed by atoms with E-state index in [0.29, 0.717) is 5.39 Å². The number of hydrogen-bond acceptors (Lipinski definition) is 5. The van der Waals surface area contributed by atoms with Crippen LogP contribution >= 0.6 is 0 Å². The molecule has 6 nitrogen and oxygen atoms in total. The third-order valence-electron chi connectivity index (χ3n) is 3.80. The van der Waals surface area contributed by atoms with E-state index in [4.69, 9.17) is 9.15 Å². The predicted octanol–water partition coefficient (Wildman–Crippen LogP) is 3.55. The third-order valence-corrected chi connectivity index (χ3v) is 3.80. The number of amides is 1. The number of carbonyl (C=O) groups excluding carboxylic acids is 2. The topological polar surface area (TPSA) is 85.6 Å². The largest absolute Gasteiger partial charge is 0.423 e. The maximum Gasteiger partial charge on any atom is 0.349 e.